The predicted octanol–water partition coefficient (Wildman–Crippen LogP) is 0.871. The topological polar surface area (TPSA) is 47.6 Å². The normalized spacial score (nSPS) is 29.4. The molecular weight excluding hydrogens is 194 g/mol. The molecular formula is C11H19NO3. The Labute approximate surface area is 90.6 Å². The lowest BCUT2D eigenvalue weighted by molar-refractivity contribution is -0.145. The molecule has 0 bridgehead atoms. The minimum absolute atomic E-state index is 0.0131. The third-order valence-electron chi connectivity index (χ3n) is 2.40. The van der Waals surface area contributed by atoms with Gasteiger partial charge in [-0.15, -0.1) is 0 Å². The molecule has 0 saturated carbocycles. The lowest BCUT2D eigenvalue weighted by atomic mass is 10.1. The SMILES string of the molecule is CCCN[C@@H]1[C@@H](OC(C)=O)C=C[C@H]1OC. The van der Waals surface area contributed by atoms with E-state index in [9.17, 15) is 4.79 Å². The molecule has 0 saturated heterocycles. The summed E-state index contributed by atoms with van der Waals surface area (Å²) in [5.41, 5.74) is 0. The second-order valence-electron chi connectivity index (χ2n) is 3.64. The zero-order chi connectivity index (χ0) is 11.3. The lowest BCUT2D eigenvalue weighted by Crippen LogP contribution is -2.46. The smallest absolute Gasteiger partial charge is 0.303 e. The highest BCUT2D eigenvalue weighted by Gasteiger charge is 2.33. The summed E-state index contributed by atoms with van der Waals surface area (Å²) in [7, 11) is 1.66. The molecule has 0 radical (unpaired) electrons. The molecule has 4 heteroatoms. The van der Waals surface area contributed by atoms with Crippen LogP contribution in [0.4, 0.5) is 0 Å². The number of esters is 1. The fraction of sp³-hybridized carbons (Fsp3) is 0.727. The van der Waals surface area contributed by atoms with E-state index in [4.69, 9.17) is 9.47 Å². The quantitative estimate of drug-likeness (QED) is 0.544. The van der Waals surface area contributed by atoms with Crippen LogP contribution in [0.5, 0.6) is 0 Å². The number of hydrogen-bond acceptors (Lipinski definition) is 4. The van der Waals surface area contributed by atoms with Crippen molar-refractivity contribution >= 4 is 5.97 Å². The summed E-state index contributed by atoms with van der Waals surface area (Å²) < 4.78 is 10.5. The van der Waals surface area contributed by atoms with Gasteiger partial charge < -0.3 is 14.8 Å². The van der Waals surface area contributed by atoms with E-state index in [1.54, 1.807) is 7.11 Å². The fourth-order valence-electron chi connectivity index (χ4n) is 1.72. The minimum Gasteiger partial charge on any atom is -0.457 e. The summed E-state index contributed by atoms with van der Waals surface area (Å²) in [6, 6.07) is 0.0406. The Morgan fingerprint density at radius 3 is 2.60 bits per heavy atom. The number of nitrogens with one attached hydrogen (secondary N) is 1. The molecule has 1 N–H and O–H groups in total. The number of rotatable bonds is 5. The molecule has 4 nitrogen and oxygen atoms in total. The largest absolute Gasteiger partial charge is 0.457 e. The van der Waals surface area contributed by atoms with Gasteiger partial charge in [-0.2, -0.15) is 0 Å². The molecule has 0 aromatic heterocycles. The highest BCUT2D eigenvalue weighted by atomic mass is 16.5. The Bertz CT molecular complexity index is 240. The minimum atomic E-state index is -0.260. The van der Waals surface area contributed by atoms with E-state index >= 15 is 0 Å². The number of hydrogen-bond donors (Lipinski definition) is 1. The Hall–Kier alpha value is -0.870. The van der Waals surface area contributed by atoms with Gasteiger partial charge in [0.1, 0.15) is 6.10 Å². The number of carbonyl (C=O) groups is 1. The molecule has 0 aromatic carbocycles. The maximum Gasteiger partial charge on any atom is 0.303 e. The Kier molecular flexibility index (Phi) is 4.78. The molecule has 0 heterocycles. The number of methoxy groups -OCH3 is 1. The molecule has 15 heavy (non-hydrogen) atoms. The third-order valence-corrected chi connectivity index (χ3v) is 2.40. The van der Waals surface area contributed by atoms with E-state index in [1.165, 1.54) is 6.92 Å². The Balaban J connectivity index is 2.54. The monoisotopic (exact) mass is 213 g/mol. The average Bonchev–Trinajstić information content (AvgIpc) is 2.56. The van der Waals surface area contributed by atoms with Crippen LogP contribution in [0.2, 0.25) is 0 Å². The van der Waals surface area contributed by atoms with Crippen molar-refractivity contribution in [1.29, 1.82) is 0 Å². The van der Waals surface area contributed by atoms with Crippen molar-refractivity contribution in [3.8, 4) is 0 Å². The number of carbonyl (C=O) groups excluding carboxylic acids is 1. The van der Waals surface area contributed by atoms with Gasteiger partial charge in [0, 0.05) is 14.0 Å². The van der Waals surface area contributed by atoms with Crippen molar-refractivity contribution in [1.82, 2.24) is 5.32 Å². The van der Waals surface area contributed by atoms with Gasteiger partial charge in [0.15, 0.2) is 0 Å². The first-order chi connectivity index (χ1) is 7.19. The van der Waals surface area contributed by atoms with Crippen molar-refractivity contribution in [3.05, 3.63) is 12.2 Å². The van der Waals surface area contributed by atoms with Crippen molar-refractivity contribution in [3.63, 3.8) is 0 Å². The van der Waals surface area contributed by atoms with Crippen LogP contribution in [-0.2, 0) is 14.3 Å². The lowest BCUT2D eigenvalue weighted by Gasteiger charge is -2.24. The highest BCUT2D eigenvalue weighted by Crippen LogP contribution is 2.18. The maximum absolute atomic E-state index is 10.9. The molecule has 1 aliphatic rings. The standard InChI is InChI=1S/C11H19NO3/c1-4-7-12-11-9(14-3)5-6-10(11)15-8(2)13/h5-6,9-12H,4,7H2,1-3H3/t9-,10+,11+/m1/s1. The molecule has 0 aromatic rings. The van der Waals surface area contributed by atoms with Gasteiger partial charge in [0.05, 0.1) is 12.1 Å². The van der Waals surface area contributed by atoms with Gasteiger partial charge in [-0.25, -0.2) is 0 Å². The first kappa shape index (κ1) is 12.2. The summed E-state index contributed by atoms with van der Waals surface area (Å²) in [4.78, 5) is 10.9. The van der Waals surface area contributed by atoms with Gasteiger partial charge in [0.25, 0.3) is 0 Å². The van der Waals surface area contributed by atoms with Crippen molar-refractivity contribution in [2.45, 2.75) is 38.5 Å². The van der Waals surface area contributed by atoms with E-state index in [2.05, 4.69) is 12.2 Å². The van der Waals surface area contributed by atoms with Crippen LogP contribution < -0.4 is 5.32 Å². The molecule has 1 rings (SSSR count). The van der Waals surface area contributed by atoms with Gasteiger partial charge in [0.2, 0.25) is 0 Å². The Morgan fingerprint density at radius 1 is 1.40 bits per heavy atom. The molecule has 0 fully saturated rings. The van der Waals surface area contributed by atoms with E-state index in [0.717, 1.165) is 13.0 Å². The summed E-state index contributed by atoms with van der Waals surface area (Å²) in [6.07, 6.45) is 4.63. The summed E-state index contributed by atoms with van der Waals surface area (Å²) in [6.45, 7) is 4.41. The molecule has 0 spiro atoms. The van der Waals surface area contributed by atoms with Crippen LogP contribution in [0.1, 0.15) is 20.3 Å². The zero-order valence-electron chi connectivity index (χ0n) is 9.53. The maximum atomic E-state index is 10.9. The fourth-order valence-corrected chi connectivity index (χ4v) is 1.72. The molecule has 3 atom stereocenters. The van der Waals surface area contributed by atoms with Gasteiger partial charge >= 0.3 is 5.97 Å². The van der Waals surface area contributed by atoms with E-state index in [-0.39, 0.29) is 24.2 Å². The van der Waals surface area contributed by atoms with E-state index in [0.29, 0.717) is 0 Å². The van der Waals surface area contributed by atoms with Crippen LogP contribution in [0, 0.1) is 0 Å². The van der Waals surface area contributed by atoms with E-state index < -0.39 is 0 Å². The summed E-state index contributed by atoms with van der Waals surface area (Å²) >= 11 is 0. The second kappa shape index (κ2) is 5.88. The first-order valence-corrected chi connectivity index (χ1v) is 5.30. The highest BCUT2D eigenvalue weighted by molar-refractivity contribution is 5.66. The van der Waals surface area contributed by atoms with E-state index in [1.807, 2.05) is 12.2 Å². The molecule has 1 aliphatic carbocycles. The third kappa shape index (κ3) is 3.32. The van der Waals surface area contributed by atoms with Crippen LogP contribution in [0.15, 0.2) is 12.2 Å². The van der Waals surface area contributed by atoms with Crippen molar-refractivity contribution < 1.29 is 14.3 Å². The molecule has 86 valence electrons. The van der Waals surface area contributed by atoms with Crippen LogP contribution >= 0.6 is 0 Å². The van der Waals surface area contributed by atoms with Gasteiger partial charge in [-0.3, -0.25) is 4.79 Å². The van der Waals surface area contributed by atoms with Gasteiger partial charge in [-0.05, 0) is 19.0 Å². The van der Waals surface area contributed by atoms with Gasteiger partial charge in [-0.1, -0.05) is 13.0 Å². The first-order valence-electron chi connectivity index (χ1n) is 5.30. The Morgan fingerprint density at radius 2 is 2.07 bits per heavy atom. The number of ether oxygens (including phenoxy) is 2. The predicted molar refractivity (Wildman–Crippen MR) is 57.6 cm³/mol. The molecule has 0 unspecified atom stereocenters. The molecule has 0 amide bonds. The summed E-state index contributed by atoms with van der Waals surface area (Å²) in [5.74, 6) is -0.260. The average molecular weight is 213 g/mol. The van der Waals surface area contributed by atoms with Crippen LogP contribution in [-0.4, -0.2) is 37.9 Å². The summed E-state index contributed by atoms with van der Waals surface area (Å²) in [5, 5.41) is 3.32. The van der Waals surface area contributed by atoms with Crippen LogP contribution in [0.3, 0.4) is 0 Å². The zero-order valence-corrected chi connectivity index (χ0v) is 9.53. The van der Waals surface area contributed by atoms with Crippen molar-refractivity contribution in [2.24, 2.45) is 0 Å². The van der Waals surface area contributed by atoms with Crippen molar-refractivity contribution in [2.75, 3.05) is 13.7 Å². The second-order valence-corrected chi connectivity index (χ2v) is 3.64. The van der Waals surface area contributed by atoms with Crippen LogP contribution in [0.25, 0.3) is 0 Å². The molecule has 0 aliphatic heterocycles.